The fourth-order valence-corrected chi connectivity index (χ4v) is 3.03. The number of amides is 2. The number of aromatic nitrogens is 2. The molecule has 0 aliphatic carbocycles. The van der Waals surface area contributed by atoms with Gasteiger partial charge in [-0.15, -0.1) is 0 Å². The fraction of sp³-hybridized carbons (Fsp3) is 0.389. The number of hydrogen-bond donors (Lipinski definition) is 1. The van der Waals surface area contributed by atoms with Crippen molar-refractivity contribution in [3.8, 4) is 0 Å². The van der Waals surface area contributed by atoms with Crippen molar-refractivity contribution in [2.45, 2.75) is 19.8 Å². The number of anilines is 1. The van der Waals surface area contributed by atoms with E-state index in [1.54, 1.807) is 16.6 Å². The van der Waals surface area contributed by atoms with Crippen LogP contribution in [0.4, 0.5) is 5.82 Å². The summed E-state index contributed by atoms with van der Waals surface area (Å²) in [5.74, 6) is 0.289. The van der Waals surface area contributed by atoms with Crippen LogP contribution in [-0.4, -0.2) is 39.6 Å². The second-order valence-corrected chi connectivity index (χ2v) is 6.26. The first-order valence-electron chi connectivity index (χ1n) is 8.16. The molecule has 1 atom stereocenters. The quantitative estimate of drug-likeness (QED) is 0.910. The van der Waals surface area contributed by atoms with Gasteiger partial charge in [0.15, 0.2) is 0 Å². The number of likely N-dealkylation sites (tertiary alicyclic amines) is 1. The lowest BCUT2D eigenvalue weighted by Gasteiger charge is -2.16. The van der Waals surface area contributed by atoms with Crippen molar-refractivity contribution < 1.29 is 9.59 Å². The van der Waals surface area contributed by atoms with E-state index < -0.39 is 0 Å². The number of carbonyl (C=O) groups is 2. The molecule has 0 saturated carbocycles. The van der Waals surface area contributed by atoms with Crippen LogP contribution in [0.25, 0.3) is 0 Å². The van der Waals surface area contributed by atoms with E-state index >= 15 is 0 Å². The summed E-state index contributed by atoms with van der Waals surface area (Å²) in [5.41, 5.74) is 2.04. The maximum atomic E-state index is 12.4. The summed E-state index contributed by atoms with van der Waals surface area (Å²) in [6.07, 6.45) is 1.08. The molecule has 2 heterocycles. The van der Waals surface area contributed by atoms with Crippen LogP contribution >= 0.6 is 0 Å². The summed E-state index contributed by atoms with van der Waals surface area (Å²) in [6.45, 7) is 3.01. The van der Waals surface area contributed by atoms with Crippen molar-refractivity contribution in [1.29, 1.82) is 0 Å². The maximum absolute atomic E-state index is 12.4. The lowest BCUT2D eigenvalue weighted by Crippen LogP contribution is -2.30. The van der Waals surface area contributed by atoms with Crippen LogP contribution in [0.5, 0.6) is 0 Å². The Labute approximate surface area is 141 Å². The van der Waals surface area contributed by atoms with Crippen LogP contribution < -0.4 is 5.32 Å². The number of benzene rings is 1. The highest BCUT2D eigenvalue weighted by atomic mass is 16.2. The molecule has 1 N–H and O–H groups in total. The van der Waals surface area contributed by atoms with E-state index in [-0.39, 0.29) is 24.2 Å². The third kappa shape index (κ3) is 3.64. The zero-order valence-corrected chi connectivity index (χ0v) is 14.0. The molecule has 2 amide bonds. The highest BCUT2D eigenvalue weighted by molar-refractivity contribution is 5.96. The van der Waals surface area contributed by atoms with Gasteiger partial charge in [-0.1, -0.05) is 30.3 Å². The molecule has 2 aromatic rings. The van der Waals surface area contributed by atoms with Gasteiger partial charge in [-0.05, 0) is 18.9 Å². The molecule has 1 aromatic carbocycles. The van der Waals surface area contributed by atoms with Crippen LogP contribution in [0.3, 0.4) is 0 Å². The van der Waals surface area contributed by atoms with E-state index in [0.29, 0.717) is 18.9 Å². The average Bonchev–Trinajstić information content (AvgIpc) is 3.08. The minimum absolute atomic E-state index is 0.0484. The summed E-state index contributed by atoms with van der Waals surface area (Å²) >= 11 is 0. The van der Waals surface area contributed by atoms with Crippen molar-refractivity contribution >= 4 is 17.6 Å². The average molecular weight is 326 g/mol. The van der Waals surface area contributed by atoms with E-state index in [2.05, 4.69) is 22.5 Å². The molecule has 3 rings (SSSR count). The number of aryl methyl sites for hydroxylation is 2. The molecule has 1 aromatic heterocycles. The van der Waals surface area contributed by atoms with Gasteiger partial charge in [0.05, 0.1) is 11.6 Å². The van der Waals surface area contributed by atoms with E-state index in [1.807, 2.05) is 31.2 Å². The van der Waals surface area contributed by atoms with Gasteiger partial charge < -0.3 is 10.2 Å². The first-order valence-corrected chi connectivity index (χ1v) is 8.16. The Bertz CT molecular complexity index is 739. The summed E-state index contributed by atoms with van der Waals surface area (Å²) < 4.78 is 1.64. The lowest BCUT2D eigenvalue weighted by atomic mass is 10.1. The number of nitrogens with zero attached hydrogens (tertiary/aromatic N) is 3. The first-order chi connectivity index (χ1) is 11.5. The largest absolute Gasteiger partial charge is 0.342 e. The summed E-state index contributed by atoms with van der Waals surface area (Å²) in [5, 5.41) is 7.08. The molecule has 6 nitrogen and oxygen atoms in total. The molecular weight excluding hydrogens is 304 g/mol. The van der Waals surface area contributed by atoms with Gasteiger partial charge in [-0.3, -0.25) is 14.3 Å². The van der Waals surface area contributed by atoms with Gasteiger partial charge in [0.25, 0.3) is 0 Å². The van der Waals surface area contributed by atoms with Crippen molar-refractivity contribution in [2.24, 2.45) is 13.0 Å². The van der Waals surface area contributed by atoms with Crippen LogP contribution in [0.1, 0.15) is 17.7 Å². The van der Waals surface area contributed by atoms with Gasteiger partial charge >= 0.3 is 0 Å². The number of nitrogens with one attached hydrogen (secondary N) is 1. The van der Waals surface area contributed by atoms with Crippen LogP contribution in [0, 0.1) is 12.8 Å². The highest BCUT2D eigenvalue weighted by Gasteiger charge is 2.34. The topological polar surface area (TPSA) is 67.2 Å². The number of rotatable bonds is 5. The summed E-state index contributed by atoms with van der Waals surface area (Å²) in [4.78, 5) is 26.4. The minimum atomic E-state index is -0.302. The number of carbonyl (C=O) groups excluding carboxylic acids is 2. The van der Waals surface area contributed by atoms with Gasteiger partial charge in [-0.25, -0.2) is 0 Å². The van der Waals surface area contributed by atoms with Gasteiger partial charge in [0, 0.05) is 32.6 Å². The summed E-state index contributed by atoms with van der Waals surface area (Å²) in [7, 11) is 1.79. The molecule has 1 fully saturated rings. The molecule has 0 unspecified atom stereocenters. The van der Waals surface area contributed by atoms with Crippen LogP contribution in [-0.2, 0) is 23.1 Å². The standard InChI is InChI=1S/C18H22N4O2/c1-13-10-16(21(2)20-13)19-18(24)15-11-17(23)22(12-15)9-8-14-6-4-3-5-7-14/h3-7,10,15H,8-9,11-12H2,1-2H3,(H,19,24)/t15-/m1/s1. The Morgan fingerprint density at radius 2 is 2.08 bits per heavy atom. The maximum Gasteiger partial charge on any atom is 0.230 e. The van der Waals surface area contributed by atoms with Crippen molar-refractivity contribution in [3.05, 3.63) is 47.7 Å². The zero-order chi connectivity index (χ0) is 17.1. The second-order valence-electron chi connectivity index (χ2n) is 6.26. The molecule has 6 heteroatoms. The van der Waals surface area contributed by atoms with Crippen LogP contribution in [0.15, 0.2) is 36.4 Å². The predicted octanol–water partition coefficient (Wildman–Crippen LogP) is 1.76. The predicted molar refractivity (Wildman–Crippen MR) is 91.4 cm³/mol. The minimum Gasteiger partial charge on any atom is -0.342 e. The van der Waals surface area contributed by atoms with Gasteiger partial charge in [0.1, 0.15) is 5.82 Å². The van der Waals surface area contributed by atoms with E-state index in [0.717, 1.165) is 12.1 Å². The Morgan fingerprint density at radius 1 is 1.33 bits per heavy atom. The van der Waals surface area contributed by atoms with Crippen molar-refractivity contribution in [1.82, 2.24) is 14.7 Å². The van der Waals surface area contributed by atoms with Gasteiger partial charge in [-0.2, -0.15) is 5.10 Å². The smallest absolute Gasteiger partial charge is 0.230 e. The van der Waals surface area contributed by atoms with E-state index in [4.69, 9.17) is 0 Å². The molecule has 1 saturated heterocycles. The molecule has 24 heavy (non-hydrogen) atoms. The second kappa shape index (κ2) is 6.86. The lowest BCUT2D eigenvalue weighted by molar-refractivity contribution is -0.128. The Kier molecular flexibility index (Phi) is 4.64. The number of hydrogen-bond acceptors (Lipinski definition) is 3. The monoisotopic (exact) mass is 326 g/mol. The fourth-order valence-electron chi connectivity index (χ4n) is 3.03. The van der Waals surface area contributed by atoms with E-state index in [1.165, 1.54) is 5.56 Å². The first kappa shape index (κ1) is 16.2. The highest BCUT2D eigenvalue weighted by Crippen LogP contribution is 2.20. The molecule has 126 valence electrons. The molecule has 1 aliphatic heterocycles. The third-order valence-corrected chi connectivity index (χ3v) is 4.35. The van der Waals surface area contributed by atoms with Crippen LogP contribution in [0.2, 0.25) is 0 Å². The van der Waals surface area contributed by atoms with E-state index in [9.17, 15) is 9.59 Å². The van der Waals surface area contributed by atoms with Crippen molar-refractivity contribution in [2.75, 3.05) is 18.4 Å². The Balaban J connectivity index is 1.56. The summed E-state index contributed by atoms with van der Waals surface area (Å²) in [6, 6.07) is 11.9. The molecule has 1 aliphatic rings. The molecule has 0 bridgehead atoms. The Morgan fingerprint density at radius 3 is 2.75 bits per heavy atom. The normalized spacial score (nSPS) is 17.3. The van der Waals surface area contributed by atoms with Crippen molar-refractivity contribution in [3.63, 3.8) is 0 Å². The molecule has 0 spiro atoms. The zero-order valence-electron chi connectivity index (χ0n) is 14.0. The third-order valence-electron chi connectivity index (χ3n) is 4.35. The Hall–Kier alpha value is -2.63. The molecular formula is C18H22N4O2. The van der Waals surface area contributed by atoms with Gasteiger partial charge in [0.2, 0.25) is 11.8 Å². The SMILES string of the molecule is Cc1cc(NC(=O)[C@@H]2CC(=O)N(CCc3ccccc3)C2)n(C)n1. The molecule has 0 radical (unpaired) electrons.